The summed E-state index contributed by atoms with van der Waals surface area (Å²) in [4.78, 5) is 54.8. The van der Waals surface area contributed by atoms with Crippen LogP contribution in [0.25, 0.3) is 0 Å². The number of hydrogen-bond acceptors (Lipinski definition) is 5. The van der Waals surface area contributed by atoms with Gasteiger partial charge in [0.25, 0.3) is 11.8 Å². The Kier molecular flexibility index (Phi) is 6.00. The van der Waals surface area contributed by atoms with Gasteiger partial charge in [-0.05, 0) is 43.5 Å². The number of methoxy groups -OCH3 is 1. The van der Waals surface area contributed by atoms with E-state index < -0.39 is 17.4 Å². The molecular formula is C26H27N3O5. The predicted molar refractivity (Wildman–Crippen MR) is 127 cm³/mol. The number of imide groups is 1. The summed E-state index contributed by atoms with van der Waals surface area (Å²) >= 11 is 0. The van der Waals surface area contributed by atoms with Crippen molar-refractivity contribution in [1.29, 1.82) is 0 Å². The minimum absolute atomic E-state index is 0.104. The Hall–Kier alpha value is -3.94. The molecule has 0 saturated heterocycles. The van der Waals surface area contributed by atoms with Crippen LogP contribution in [0.5, 0.6) is 5.75 Å². The smallest absolute Gasteiger partial charge is 0.321 e. The fourth-order valence-corrected chi connectivity index (χ4v) is 4.48. The van der Waals surface area contributed by atoms with Crippen molar-refractivity contribution >= 4 is 29.3 Å². The maximum Gasteiger partial charge on any atom is 0.321 e. The number of amides is 4. The van der Waals surface area contributed by atoms with Gasteiger partial charge in [-0.1, -0.05) is 30.4 Å². The van der Waals surface area contributed by atoms with Crippen LogP contribution >= 0.6 is 0 Å². The van der Waals surface area contributed by atoms with Crippen molar-refractivity contribution in [3.05, 3.63) is 71.3 Å². The highest BCUT2D eigenvalue weighted by molar-refractivity contribution is 6.24. The Morgan fingerprint density at radius 2 is 1.91 bits per heavy atom. The van der Waals surface area contributed by atoms with E-state index in [1.807, 2.05) is 0 Å². The van der Waals surface area contributed by atoms with Crippen molar-refractivity contribution in [2.75, 3.05) is 19.5 Å². The molecule has 0 aromatic heterocycles. The molecule has 176 valence electrons. The number of urea groups is 1. The molecule has 1 aliphatic carbocycles. The Labute approximate surface area is 198 Å². The molecule has 0 unspecified atom stereocenters. The fraction of sp³-hybridized carbons (Fsp3) is 0.308. The molecule has 8 nitrogen and oxygen atoms in total. The summed E-state index contributed by atoms with van der Waals surface area (Å²) < 4.78 is 5.18. The lowest BCUT2D eigenvalue weighted by atomic mass is 9.78. The molecule has 4 rings (SSSR count). The van der Waals surface area contributed by atoms with Crippen LogP contribution in [0.4, 0.5) is 10.5 Å². The highest BCUT2D eigenvalue weighted by Gasteiger charge is 2.51. The average Bonchev–Trinajstić information content (AvgIpc) is 3.08. The van der Waals surface area contributed by atoms with E-state index in [0.29, 0.717) is 29.8 Å². The normalized spacial score (nSPS) is 19.8. The van der Waals surface area contributed by atoms with Crippen LogP contribution in [0.1, 0.15) is 52.5 Å². The number of rotatable bonds is 5. The van der Waals surface area contributed by atoms with Gasteiger partial charge in [0.05, 0.1) is 18.2 Å². The minimum atomic E-state index is -1.21. The van der Waals surface area contributed by atoms with Gasteiger partial charge in [-0.3, -0.25) is 19.3 Å². The lowest BCUT2D eigenvalue weighted by Gasteiger charge is -2.39. The summed E-state index contributed by atoms with van der Waals surface area (Å²) in [6.45, 7) is 5.63. The number of allylic oxidation sites excluding steroid dienone is 1. The van der Waals surface area contributed by atoms with Gasteiger partial charge in [0, 0.05) is 31.8 Å². The summed E-state index contributed by atoms with van der Waals surface area (Å²) in [5.41, 5.74) is 1.20. The molecule has 2 aromatic carbocycles. The lowest BCUT2D eigenvalue weighted by molar-refractivity contribution is -0.128. The number of ether oxygens (including phenoxy) is 1. The monoisotopic (exact) mass is 461 g/mol. The molecular weight excluding hydrogens is 434 g/mol. The van der Waals surface area contributed by atoms with E-state index in [1.54, 1.807) is 63.5 Å². The zero-order valence-electron chi connectivity index (χ0n) is 19.5. The Morgan fingerprint density at radius 3 is 2.62 bits per heavy atom. The van der Waals surface area contributed by atoms with Gasteiger partial charge in [-0.2, -0.15) is 0 Å². The standard InChI is InChI=1S/C26H27N3O5/c1-16-11-12-26(2,21(30)13-16)29-23(31)20-10-5-7-17(22(20)24(29)32)15-28(3)25(33)27-18-8-6-9-19(14-18)34-4/h5-10,14H,1,11-13,15H2,2-4H3,(H,27,33)/t26-/m0/s1. The maximum absolute atomic E-state index is 13.5. The van der Waals surface area contributed by atoms with Gasteiger partial charge < -0.3 is 15.0 Å². The first-order valence-corrected chi connectivity index (χ1v) is 11.0. The number of hydrogen-bond donors (Lipinski definition) is 1. The zero-order chi connectivity index (χ0) is 24.6. The van der Waals surface area contributed by atoms with Gasteiger partial charge in [0.2, 0.25) is 0 Å². The molecule has 0 radical (unpaired) electrons. The molecule has 1 fully saturated rings. The SMILES string of the molecule is C=C1CC[C@](C)(N2C(=O)c3cccc(CN(C)C(=O)Nc4cccc(OC)c4)c3C2=O)C(=O)C1. The second kappa shape index (κ2) is 8.78. The Bertz CT molecular complexity index is 1220. The molecule has 8 heteroatoms. The largest absolute Gasteiger partial charge is 0.497 e. The van der Waals surface area contributed by atoms with Gasteiger partial charge >= 0.3 is 6.03 Å². The molecule has 1 N–H and O–H groups in total. The second-order valence-corrected chi connectivity index (χ2v) is 8.93. The number of anilines is 1. The van der Waals surface area contributed by atoms with Crippen molar-refractivity contribution in [2.45, 2.75) is 38.3 Å². The second-order valence-electron chi connectivity index (χ2n) is 8.93. The van der Waals surface area contributed by atoms with Gasteiger partial charge in [-0.15, -0.1) is 0 Å². The number of nitrogens with zero attached hydrogens (tertiary/aromatic N) is 2. The third kappa shape index (κ3) is 3.96. The molecule has 0 bridgehead atoms. The van der Waals surface area contributed by atoms with E-state index in [9.17, 15) is 19.2 Å². The summed E-state index contributed by atoms with van der Waals surface area (Å²) in [5.74, 6) is -0.552. The van der Waals surface area contributed by atoms with Crippen LogP contribution < -0.4 is 10.1 Å². The number of benzene rings is 2. The Morgan fingerprint density at radius 1 is 1.18 bits per heavy atom. The molecule has 2 aliphatic rings. The van der Waals surface area contributed by atoms with Crippen LogP contribution in [0.3, 0.4) is 0 Å². The summed E-state index contributed by atoms with van der Waals surface area (Å²) in [7, 11) is 3.15. The number of fused-ring (bicyclic) bond motifs is 1. The zero-order valence-corrected chi connectivity index (χ0v) is 19.5. The van der Waals surface area contributed by atoms with E-state index in [4.69, 9.17) is 4.74 Å². The first kappa shape index (κ1) is 23.2. The predicted octanol–water partition coefficient (Wildman–Crippen LogP) is 4.02. The molecule has 1 aliphatic heterocycles. The van der Waals surface area contributed by atoms with Gasteiger partial charge in [-0.25, -0.2) is 4.79 Å². The molecule has 0 spiro atoms. The number of nitrogens with one attached hydrogen (secondary N) is 1. The minimum Gasteiger partial charge on any atom is -0.497 e. The van der Waals surface area contributed by atoms with Crippen molar-refractivity contribution < 1.29 is 23.9 Å². The van der Waals surface area contributed by atoms with Crippen LogP contribution in [0.15, 0.2) is 54.6 Å². The number of carbonyl (C=O) groups is 4. The van der Waals surface area contributed by atoms with Crippen LogP contribution in [-0.2, 0) is 11.3 Å². The van der Waals surface area contributed by atoms with E-state index in [1.165, 1.54) is 4.90 Å². The fourth-order valence-electron chi connectivity index (χ4n) is 4.48. The molecule has 4 amide bonds. The van der Waals surface area contributed by atoms with Crippen molar-refractivity contribution in [3.8, 4) is 5.75 Å². The first-order chi connectivity index (χ1) is 16.2. The third-order valence-corrected chi connectivity index (χ3v) is 6.55. The number of Topliss-reactive ketones (excluding diaryl/α,β-unsaturated/α-hetero) is 1. The summed E-state index contributed by atoms with van der Waals surface area (Å²) in [6.07, 6.45) is 1.09. The third-order valence-electron chi connectivity index (χ3n) is 6.55. The molecule has 1 heterocycles. The van der Waals surface area contributed by atoms with Gasteiger partial charge in [0.1, 0.15) is 11.3 Å². The first-order valence-electron chi connectivity index (χ1n) is 11.0. The van der Waals surface area contributed by atoms with E-state index in [2.05, 4.69) is 11.9 Å². The van der Waals surface area contributed by atoms with E-state index in [0.717, 1.165) is 10.5 Å². The maximum atomic E-state index is 13.5. The molecule has 2 aromatic rings. The van der Waals surface area contributed by atoms with E-state index >= 15 is 0 Å². The highest BCUT2D eigenvalue weighted by Crippen LogP contribution is 2.39. The van der Waals surface area contributed by atoms with Crippen LogP contribution in [0, 0.1) is 0 Å². The molecule has 1 atom stereocenters. The van der Waals surface area contributed by atoms with Crippen LogP contribution in [-0.4, -0.2) is 53.1 Å². The number of carbonyl (C=O) groups excluding carboxylic acids is 4. The van der Waals surface area contributed by atoms with E-state index in [-0.39, 0.29) is 35.9 Å². The van der Waals surface area contributed by atoms with Crippen molar-refractivity contribution in [3.63, 3.8) is 0 Å². The van der Waals surface area contributed by atoms with Gasteiger partial charge in [0.15, 0.2) is 5.78 Å². The Balaban J connectivity index is 1.56. The molecule has 34 heavy (non-hydrogen) atoms. The lowest BCUT2D eigenvalue weighted by Crippen LogP contribution is -2.56. The number of ketones is 1. The van der Waals surface area contributed by atoms with Crippen LogP contribution in [0.2, 0.25) is 0 Å². The highest BCUT2D eigenvalue weighted by atomic mass is 16.5. The summed E-state index contributed by atoms with van der Waals surface area (Å²) in [5, 5.41) is 2.79. The van der Waals surface area contributed by atoms with Crippen molar-refractivity contribution in [2.24, 2.45) is 0 Å². The average molecular weight is 462 g/mol. The quantitative estimate of drug-likeness (QED) is 0.536. The molecule has 1 saturated carbocycles. The summed E-state index contributed by atoms with van der Waals surface area (Å²) in [6, 6.07) is 11.6. The topological polar surface area (TPSA) is 96.0 Å². The van der Waals surface area contributed by atoms with Crippen molar-refractivity contribution in [1.82, 2.24) is 9.80 Å².